The lowest BCUT2D eigenvalue weighted by atomic mass is 9.93. The number of aromatic nitrogens is 2. The molecule has 0 saturated carbocycles. The highest BCUT2D eigenvalue weighted by Gasteiger charge is 2.31. The van der Waals surface area contributed by atoms with Crippen molar-refractivity contribution in [3.63, 3.8) is 0 Å². The van der Waals surface area contributed by atoms with Crippen LogP contribution in [0, 0.1) is 0 Å². The highest BCUT2D eigenvalue weighted by molar-refractivity contribution is 5.92. The summed E-state index contributed by atoms with van der Waals surface area (Å²) in [6, 6.07) is 6.11. The molecule has 0 radical (unpaired) electrons. The minimum atomic E-state index is -4.40. The molecule has 0 spiro atoms. The summed E-state index contributed by atoms with van der Waals surface area (Å²) < 4.78 is 42.7. The van der Waals surface area contributed by atoms with Crippen LogP contribution in [0.15, 0.2) is 36.5 Å². The Bertz CT molecular complexity index is 728. The average molecular weight is 339 g/mol. The Morgan fingerprint density at radius 3 is 2.21 bits per heavy atom. The van der Waals surface area contributed by atoms with Gasteiger partial charge in [-0.25, -0.2) is 4.98 Å². The van der Waals surface area contributed by atoms with E-state index in [1.165, 1.54) is 31.5 Å². The lowest BCUT2D eigenvalue weighted by Gasteiger charge is -2.27. The molecule has 1 aromatic carbocycles. The smallest absolute Gasteiger partial charge is 0.416 e. The van der Waals surface area contributed by atoms with Gasteiger partial charge in [-0.3, -0.25) is 4.79 Å². The lowest BCUT2D eigenvalue weighted by Crippen LogP contribution is -2.41. The van der Waals surface area contributed by atoms with E-state index in [0.29, 0.717) is 5.56 Å². The molecule has 0 bridgehead atoms. The molecule has 2 aromatic rings. The van der Waals surface area contributed by atoms with Crippen molar-refractivity contribution in [2.75, 3.05) is 7.11 Å². The van der Waals surface area contributed by atoms with Crippen LogP contribution in [0.1, 0.15) is 35.5 Å². The maximum atomic E-state index is 12.6. The third-order valence-electron chi connectivity index (χ3n) is 3.41. The van der Waals surface area contributed by atoms with Crippen molar-refractivity contribution >= 4 is 5.91 Å². The van der Waals surface area contributed by atoms with Gasteiger partial charge in [-0.2, -0.15) is 18.2 Å². The zero-order chi connectivity index (χ0) is 18.0. The number of carbonyl (C=O) groups excluding carboxylic acids is 1. The van der Waals surface area contributed by atoms with Crippen molar-refractivity contribution in [1.82, 2.24) is 15.3 Å². The Morgan fingerprint density at radius 2 is 1.67 bits per heavy atom. The predicted molar refractivity (Wildman–Crippen MR) is 80.5 cm³/mol. The Kier molecular flexibility index (Phi) is 4.77. The van der Waals surface area contributed by atoms with Crippen LogP contribution in [-0.2, 0) is 11.7 Å². The number of amides is 1. The topological polar surface area (TPSA) is 64.1 Å². The fourth-order valence-corrected chi connectivity index (χ4v) is 2.06. The molecule has 5 nitrogen and oxygen atoms in total. The third kappa shape index (κ3) is 4.01. The molecule has 0 aliphatic carbocycles. The Labute approximate surface area is 136 Å². The maximum absolute atomic E-state index is 12.6. The van der Waals surface area contributed by atoms with E-state index >= 15 is 0 Å². The Morgan fingerprint density at radius 1 is 1.08 bits per heavy atom. The molecular formula is C16H16F3N3O2. The number of hydrogen-bond acceptors (Lipinski definition) is 4. The summed E-state index contributed by atoms with van der Waals surface area (Å²) in [4.78, 5) is 20.0. The monoisotopic (exact) mass is 339 g/mol. The van der Waals surface area contributed by atoms with Crippen LogP contribution in [0.25, 0.3) is 0 Å². The van der Waals surface area contributed by atoms with Gasteiger partial charge < -0.3 is 10.1 Å². The Balaban J connectivity index is 2.19. The van der Waals surface area contributed by atoms with Gasteiger partial charge in [0.1, 0.15) is 5.69 Å². The van der Waals surface area contributed by atoms with E-state index in [9.17, 15) is 18.0 Å². The van der Waals surface area contributed by atoms with Crippen LogP contribution in [0.4, 0.5) is 13.2 Å². The van der Waals surface area contributed by atoms with Gasteiger partial charge in [0.05, 0.1) is 18.2 Å². The average Bonchev–Trinajstić information content (AvgIpc) is 2.54. The number of alkyl halides is 3. The van der Waals surface area contributed by atoms with E-state index < -0.39 is 23.2 Å². The number of nitrogens with one attached hydrogen (secondary N) is 1. The molecule has 0 aliphatic heterocycles. The number of rotatable bonds is 4. The first kappa shape index (κ1) is 17.7. The summed E-state index contributed by atoms with van der Waals surface area (Å²) >= 11 is 0. The van der Waals surface area contributed by atoms with Crippen molar-refractivity contribution in [2.24, 2.45) is 0 Å². The van der Waals surface area contributed by atoms with Crippen LogP contribution in [0.2, 0.25) is 0 Å². The summed E-state index contributed by atoms with van der Waals surface area (Å²) in [6.45, 7) is 3.37. The normalized spacial score (nSPS) is 11.9. The van der Waals surface area contributed by atoms with Gasteiger partial charge in [-0.1, -0.05) is 12.1 Å². The summed E-state index contributed by atoms with van der Waals surface area (Å²) in [7, 11) is 1.38. The van der Waals surface area contributed by atoms with E-state index in [4.69, 9.17) is 4.74 Å². The Hall–Kier alpha value is -2.64. The minimum absolute atomic E-state index is 0.0509. The van der Waals surface area contributed by atoms with Crippen LogP contribution < -0.4 is 10.1 Å². The molecule has 1 N–H and O–H groups in total. The second kappa shape index (κ2) is 6.46. The third-order valence-corrected chi connectivity index (χ3v) is 3.41. The van der Waals surface area contributed by atoms with Gasteiger partial charge in [-0.15, -0.1) is 0 Å². The second-order valence-corrected chi connectivity index (χ2v) is 5.58. The SMILES string of the molecule is COc1nccc(C(=O)NC(C)(C)c2ccc(C(F)(F)F)cc2)n1. The van der Waals surface area contributed by atoms with Crippen LogP contribution >= 0.6 is 0 Å². The fraction of sp³-hybridized carbons (Fsp3) is 0.312. The van der Waals surface area contributed by atoms with Gasteiger partial charge in [0.15, 0.2) is 0 Å². The number of carbonyl (C=O) groups is 1. The summed E-state index contributed by atoms with van der Waals surface area (Å²) in [6.07, 6.45) is -3.02. The molecule has 128 valence electrons. The predicted octanol–water partition coefficient (Wildman–Crippen LogP) is 3.17. The lowest BCUT2D eigenvalue weighted by molar-refractivity contribution is -0.137. The molecule has 1 heterocycles. The standard InChI is InChI=1S/C16H16F3N3O2/c1-15(2,10-4-6-11(7-5-10)16(17,18)19)22-13(23)12-8-9-20-14(21-12)24-3/h4-9H,1-3H3,(H,22,23). The molecule has 8 heteroatoms. The van der Waals surface area contributed by atoms with E-state index in [1.54, 1.807) is 13.8 Å². The molecule has 0 atom stereocenters. The first-order chi connectivity index (χ1) is 11.1. The minimum Gasteiger partial charge on any atom is -0.467 e. The van der Waals surface area contributed by atoms with E-state index in [1.807, 2.05) is 0 Å². The molecule has 24 heavy (non-hydrogen) atoms. The van der Waals surface area contributed by atoms with Crippen molar-refractivity contribution in [3.8, 4) is 6.01 Å². The van der Waals surface area contributed by atoms with E-state index in [-0.39, 0.29) is 11.7 Å². The van der Waals surface area contributed by atoms with Gasteiger partial charge in [0.25, 0.3) is 5.91 Å². The van der Waals surface area contributed by atoms with Gasteiger partial charge in [0, 0.05) is 6.20 Å². The number of nitrogens with zero attached hydrogens (tertiary/aromatic N) is 2. The largest absolute Gasteiger partial charge is 0.467 e. The first-order valence-electron chi connectivity index (χ1n) is 7.01. The van der Waals surface area contributed by atoms with Crippen molar-refractivity contribution in [1.29, 1.82) is 0 Å². The highest BCUT2D eigenvalue weighted by atomic mass is 19.4. The molecule has 1 aromatic heterocycles. The molecule has 1 amide bonds. The molecule has 0 saturated heterocycles. The molecule has 0 aliphatic rings. The van der Waals surface area contributed by atoms with Crippen LogP contribution in [0.5, 0.6) is 6.01 Å². The summed E-state index contributed by atoms with van der Waals surface area (Å²) in [5, 5.41) is 2.73. The summed E-state index contributed by atoms with van der Waals surface area (Å²) in [5.41, 5.74) is -1.00. The zero-order valence-corrected chi connectivity index (χ0v) is 13.3. The number of hydrogen-bond donors (Lipinski definition) is 1. The number of methoxy groups -OCH3 is 1. The van der Waals surface area contributed by atoms with Gasteiger partial charge in [0.2, 0.25) is 0 Å². The van der Waals surface area contributed by atoms with Crippen LogP contribution in [0.3, 0.4) is 0 Å². The van der Waals surface area contributed by atoms with Gasteiger partial charge >= 0.3 is 12.2 Å². The molecule has 2 rings (SSSR count). The van der Waals surface area contributed by atoms with Crippen molar-refractivity contribution in [3.05, 3.63) is 53.3 Å². The summed E-state index contributed by atoms with van der Waals surface area (Å²) in [5.74, 6) is -0.486. The maximum Gasteiger partial charge on any atom is 0.416 e. The van der Waals surface area contributed by atoms with E-state index in [0.717, 1.165) is 12.1 Å². The van der Waals surface area contributed by atoms with Crippen LogP contribution in [-0.4, -0.2) is 23.0 Å². The first-order valence-corrected chi connectivity index (χ1v) is 7.01. The zero-order valence-electron chi connectivity index (χ0n) is 13.3. The molecule has 0 unspecified atom stereocenters. The van der Waals surface area contributed by atoms with E-state index in [2.05, 4.69) is 15.3 Å². The van der Waals surface area contributed by atoms with Crippen molar-refractivity contribution < 1.29 is 22.7 Å². The number of benzene rings is 1. The number of ether oxygens (including phenoxy) is 1. The molecular weight excluding hydrogens is 323 g/mol. The van der Waals surface area contributed by atoms with Gasteiger partial charge in [-0.05, 0) is 37.6 Å². The molecule has 0 fully saturated rings. The van der Waals surface area contributed by atoms with Crippen molar-refractivity contribution in [2.45, 2.75) is 25.6 Å². The second-order valence-electron chi connectivity index (χ2n) is 5.58. The quantitative estimate of drug-likeness (QED) is 0.929. The fourth-order valence-electron chi connectivity index (χ4n) is 2.06. The number of halogens is 3. The highest BCUT2D eigenvalue weighted by Crippen LogP contribution is 2.31.